The van der Waals surface area contributed by atoms with E-state index in [1.54, 1.807) is 0 Å². The lowest BCUT2D eigenvalue weighted by atomic mass is 9.99. The Morgan fingerprint density at radius 1 is 0.422 bits per heavy atom. The van der Waals surface area contributed by atoms with Crippen molar-refractivity contribution in [2.75, 3.05) is 0 Å². The summed E-state index contributed by atoms with van der Waals surface area (Å²) in [5.41, 5.74) is 12.3. The second-order valence-electron chi connectivity index (χ2n) is 11.1. The number of hydrogen-bond donors (Lipinski definition) is 0. The standard InChI is InChI=1S/C39H26N6/c1-2-12-27(13-3-1)39-42-32-18-6-9-21-35(32)45(39)29-15-10-14-28(24-29)38-36(43-25-40-30-16-4-7-19-33(30)43)22-11-23-37(38)44-26-41-31-17-5-8-20-34(31)44/h1-26H. The van der Waals surface area contributed by atoms with E-state index in [4.69, 9.17) is 15.0 Å². The molecule has 0 N–H and O–H groups in total. The summed E-state index contributed by atoms with van der Waals surface area (Å²) in [6.45, 7) is 0. The van der Waals surface area contributed by atoms with Crippen LogP contribution in [0.2, 0.25) is 0 Å². The third kappa shape index (κ3) is 4.07. The third-order valence-electron chi connectivity index (χ3n) is 8.43. The van der Waals surface area contributed by atoms with Crippen molar-refractivity contribution in [3.63, 3.8) is 0 Å². The lowest BCUT2D eigenvalue weighted by Crippen LogP contribution is -2.03. The zero-order chi connectivity index (χ0) is 29.7. The van der Waals surface area contributed by atoms with Crippen LogP contribution in [0.3, 0.4) is 0 Å². The molecule has 0 atom stereocenters. The van der Waals surface area contributed by atoms with E-state index in [1.165, 1.54) is 0 Å². The second kappa shape index (κ2) is 10.2. The van der Waals surface area contributed by atoms with Gasteiger partial charge < -0.3 is 0 Å². The van der Waals surface area contributed by atoms with Gasteiger partial charge in [0.1, 0.15) is 18.5 Å². The van der Waals surface area contributed by atoms with Gasteiger partial charge in [-0.1, -0.05) is 84.9 Å². The predicted molar refractivity (Wildman–Crippen MR) is 181 cm³/mol. The average Bonchev–Trinajstić information content (AvgIpc) is 3.84. The molecule has 0 spiro atoms. The maximum atomic E-state index is 5.08. The van der Waals surface area contributed by atoms with Crippen molar-refractivity contribution in [1.82, 2.24) is 28.7 Å². The summed E-state index contributed by atoms with van der Waals surface area (Å²) in [7, 11) is 0. The van der Waals surface area contributed by atoms with Crippen LogP contribution in [0.15, 0.2) is 158 Å². The molecule has 0 aliphatic carbocycles. The molecule has 0 unspecified atom stereocenters. The van der Waals surface area contributed by atoms with E-state index in [-0.39, 0.29) is 0 Å². The summed E-state index contributed by atoms with van der Waals surface area (Å²) in [6.07, 6.45) is 3.83. The maximum absolute atomic E-state index is 5.08. The molecule has 6 aromatic carbocycles. The number of para-hydroxylation sites is 6. The molecule has 0 aliphatic heterocycles. The largest absolute Gasteiger partial charge is 0.298 e. The van der Waals surface area contributed by atoms with Gasteiger partial charge in [-0.25, -0.2) is 15.0 Å². The van der Waals surface area contributed by atoms with Crippen LogP contribution in [-0.4, -0.2) is 28.7 Å². The highest BCUT2D eigenvalue weighted by Gasteiger charge is 2.20. The fourth-order valence-electron chi connectivity index (χ4n) is 6.40. The molecule has 0 bridgehead atoms. The van der Waals surface area contributed by atoms with Crippen LogP contribution >= 0.6 is 0 Å². The number of benzene rings is 6. The number of rotatable bonds is 5. The minimum Gasteiger partial charge on any atom is -0.298 e. The Balaban J connectivity index is 1.33. The van der Waals surface area contributed by atoms with Crippen molar-refractivity contribution >= 4 is 33.1 Å². The highest BCUT2D eigenvalue weighted by Crippen LogP contribution is 2.38. The monoisotopic (exact) mass is 578 g/mol. The molecule has 9 aromatic rings. The first-order valence-electron chi connectivity index (χ1n) is 15.0. The Morgan fingerprint density at radius 3 is 1.62 bits per heavy atom. The number of hydrogen-bond acceptors (Lipinski definition) is 3. The number of imidazole rings is 3. The minimum atomic E-state index is 0.906. The van der Waals surface area contributed by atoms with E-state index in [1.807, 2.05) is 36.9 Å². The molecule has 0 saturated heterocycles. The van der Waals surface area contributed by atoms with Crippen LogP contribution in [0.25, 0.3) is 72.7 Å². The first-order chi connectivity index (χ1) is 22.3. The Morgan fingerprint density at radius 2 is 0.956 bits per heavy atom. The molecular formula is C39H26N6. The van der Waals surface area contributed by atoms with Crippen LogP contribution in [0.4, 0.5) is 0 Å². The van der Waals surface area contributed by atoms with Crippen molar-refractivity contribution in [3.8, 4) is 39.6 Å². The summed E-state index contributed by atoms with van der Waals surface area (Å²) in [4.78, 5) is 14.6. The van der Waals surface area contributed by atoms with E-state index < -0.39 is 0 Å². The molecule has 9 rings (SSSR count). The van der Waals surface area contributed by atoms with Gasteiger partial charge in [0.2, 0.25) is 0 Å². The lowest BCUT2D eigenvalue weighted by molar-refractivity contribution is 1.06. The van der Waals surface area contributed by atoms with Gasteiger partial charge in [-0.05, 0) is 66.2 Å². The van der Waals surface area contributed by atoms with Crippen LogP contribution in [0.1, 0.15) is 0 Å². The first kappa shape index (κ1) is 25.2. The summed E-state index contributed by atoms with van der Waals surface area (Å²) in [6, 6.07) is 50.4. The molecular weight excluding hydrogens is 552 g/mol. The van der Waals surface area contributed by atoms with E-state index in [9.17, 15) is 0 Å². The Hall–Kier alpha value is -6.27. The first-order valence-corrected chi connectivity index (χ1v) is 15.0. The van der Waals surface area contributed by atoms with Gasteiger partial charge in [0.25, 0.3) is 0 Å². The molecule has 0 amide bonds. The fourth-order valence-corrected chi connectivity index (χ4v) is 6.40. The topological polar surface area (TPSA) is 53.5 Å². The van der Waals surface area contributed by atoms with E-state index >= 15 is 0 Å². The summed E-state index contributed by atoms with van der Waals surface area (Å²) >= 11 is 0. The average molecular weight is 579 g/mol. The van der Waals surface area contributed by atoms with Gasteiger partial charge in [-0.15, -0.1) is 0 Å². The highest BCUT2D eigenvalue weighted by molar-refractivity contribution is 5.89. The highest BCUT2D eigenvalue weighted by atomic mass is 15.1. The smallest absolute Gasteiger partial charge is 0.145 e. The molecule has 0 aliphatic rings. The Kier molecular flexibility index (Phi) is 5.71. The normalized spacial score (nSPS) is 11.6. The molecule has 3 heterocycles. The number of fused-ring (bicyclic) bond motifs is 3. The van der Waals surface area contributed by atoms with Crippen LogP contribution in [0, 0.1) is 0 Å². The quantitative estimate of drug-likeness (QED) is 0.205. The zero-order valence-electron chi connectivity index (χ0n) is 24.2. The van der Waals surface area contributed by atoms with Crippen LogP contribution in [0.5, 0.6) is 0 Å². The van der Waals surface area contributed by atoms with Gasteiger partial charge in [-0.2, -0.15) is 0 Å². The molecule has 6 heteroatoms. The van der Waals surface area contributed by atoms with Crippen LogP contribution < -0.4 is 0 Å². The van der Waals surface area contributed by atoms with Gasteiger partial charge >= 0.3 is 0 Å². The SMILES string of the molecule is c1ccc(-c2nc3ccccc3n2-c2cccc(-c3c(-n4cnc5ccccc54)cccc3-n3cnc4ccccc43)c2)cc1. The molecule has 0 radical (unpaired) electrons. The van der Waals surface area contributed by atoms with Crippen molar-refractivity contribution in [2.45, 2.75) is 0 Å². The van der Waals surface area contributed by atoms with Crippen molar-refractivity contribution < 1.29 is 0 Å². The summed E-state index contributed by atoms with van der Waals surface area (Å²) < 4.78 is 6.62. The fraction of sp³-hybridized carbons (Fsp3) is 0. The minimum absolute atomic E-state index is 0.906. The van der Waals surface area contributed by atoms with E-state index in [2.05, 4.69) is 135 Å². The van der Waals surface area contributed by atoms with E-state index in [0.717, 1.165) is 72.7 Å². The molecule has 3 aromatic heterocycles. The van der Waals surface area contributed by atoms with Gasteiger partial charge in [0, 0.05) is 16.8 Å². The Bertz CT molecular complexity index is 2410. The number of nitrogens with zero attached hydrogens (tertiary/aromatic N) is 6. The lowest BCUT2D eigenvalue weighted by Gasteiger charge is -2.19. The van der Waals surface area contributed by atoms with Gasteiger partial charge in [0.15, 0.2) is 0 Å². The molecule has 0 saturated carbocycles. The predicted octanol–water partition coefficient (Wildman–Crippen LogP) is 9.04. The van der Waals surface area contributed by atoms with Crippen molar-refractivity contribution in [1.29, 1.82) is 0 Å². The van der Waals surface area contributed by atoms with Crippen LogP contribution in [-0.2, 0) is 0 Å². The van der Waals surface area contributed by atoms with E-state index in [0.29, 0.717) is 0 Å². The molecule has 212 valence electrons. The summed E-state index contributed by atoms with van der Waals surface area (Å²) in [5, 5.41) is 0. The van der Waals surface area contributed by atoms with Gasteiger partial charge in [0.05, 0.1) is 44.5 Å². The molecule has 6 nitrogen and oxygen atoms in total. The zero-order valence-corrected chi connectivity index (χ0v) is 24.2. The molecule has 45 heavy (non-hydrogen) atoms. The van der Waals surface area contributed by atoms with Crippen molar-refractivity contribution in [3.05, 3.63) is 158 Å². The van der Waals surface area contributed by atoms with Gasteiger partial charge in [-0.3, -0.25) is 13.7 Å². The number of aromatic nitrogens is 6. The third-order valence-corrected chi connectivity index (χ3v) is 8.43. The second-order valence-corrected chi connectivity index (χ2v) is 11.1. The molecule has 0 fully saturated rings. The summed E-state index contributed by atoms with van der Waals surface area (Å²) in [5.74, 6) is 0.906. The maximum Gasteiger partial charge on any atom is 0.145 e. The van der Waals surface area contributed by atoms with Crippen molar-refractivity contribution in [2.24, 2.45) is 0 Å². The Labute approximate surface area is 259 Å².